The van der Waals surface area contributed by atoms with Crippen molar-refractivity contribution < 1.29 is 4.79 Å². The van der Waals surface area contributed by atoms with Crippen LogP contribution < -0.4 is 5.32 Å². The van der Waals surface area contributed by atoms with Crippen LogP contribution in [0, 0.1) is 11.3 Å². The van der Waals surface area contributed by atoms with Gasteiger partial charge >= 0.3 is 0 Å². The number of likely N-dealkylation sites (tertiary alicyclic amines) is 1. The molecule has 1 aliphatic heterocycles. The summed E-state index contributed by atoms with van der Waals surface area (Å²) in [5.41, 5.74) is 4.37. The van der Waals surface area contributed by atoms with E-state index in [1.54, 1.807) is 4.90 Å². The zero-order chi connectivity index (χ0) is 22.7. The van der Waals surface area contributed by atoms with Crippen molar-refractivity contribution in [2.75, 3.05) is 19.6 Å². The molecule has 1 aromatic heterocycles. The summed E-state index contributed by atoms with van der Waals surface area (Å²) < 4.78 is 0. The Balaban J connectivity index is 1.45. The molecule has 1 fully saturated rings. The van der Waals surface area contributed by atoms with Gasteiger partial charge in [-0.25, -0.2) is 0 Å². The van der Waals surface area contributed by atoms with Gasteiger partial charge in [0.15, 0.2) is 5.82 Å². The number of nitrogens with zero attached hydrogens (tertiary/aromatic N) is 5. The van der Waals surface area contributed by atoms with E-state index in [2.05, 4.69) is 80.5 Å². The average molecular weight is 442 g/mol. The van der Waals surface area contributed by atoms with E-state index in [1.807, 2.05) is 0 Å². The van der Waals surface area contributed by atoms with Crippen LogP contribution in [-0.2, 0) is 23.1 Å². The lowest BCUT2D eigenvalue weighted by Gasteiger charge is -2.34. The highest BCUT2D eigenvalue weighted by molar-refractivity contribution is 5.79. The molecular weight excluding hydrogens is 414 g/mol. The molecule has 0 bridgehead atoms. The Hall–Kier alpha value is -3.57. The number of aromatic nitrogens is 4. The lowest BCUT2D eigenvalue weighted by atomic mass is 9.69. The molecule has 2 N–H and O–H groups in total. The van der Waals surface area contributed by atoms with Crippen LogP contribution in [-0.4, -0.2) is 57.1 Å². The molecule has 1 amide bonds. The predicted molar refractivity (Wildman–Crippen MR) is 122 cm³/mol. The Morgan fingerprint density at radius 2 is 1.85 bits per heavy atom. The van der Waals surface area contributed by atoms with Gasteiger partial charge in [0.05, 0.1) is 18.0 Å². The number of nitrogens with one attached hydrogen (secondary N) is 2. The fraction of sp³-hybridized carbons (Fsp3) is 0.400. The van der Waals surface area contributed by atoms with Crippen LogP contribution in [0.5, 0.6) is 0 Å². The van der Waals surface area contributed by atoms with Crippen molar-refractivity contribution in [3.05, 3.63) is 76.6 Å². The van der Waals surface area contributed by atoms with E-state index in [0.717, 1.165) is 25.7 Å². The van der Waals surface area contributed by atoms with E-state index in [4.69, 9.17) is 0 Å². The first-order valence-corrected chi connectivity index (χ1v) is 11.5. The van der Waals surface area contributed by atoms with Crippen molar-refractivity contribution in [2.24, 2.45) is 0 Å². The van der Waals surface area contributed by atoms with Crippen LogP contribution in [0.4, 0.5) is 0 Å². The van der Waals surface area contributed by atoms with Crippen LogP contribution in [0.2, 0.25) is 0 Å². The minimum Gasteiger partial charge on any atom is -0.326 e. The first-order valence-electron chi connectivity index (χ1n) is 11.5. The number of carbonyl (C=O) groups excluding carboxylic acids is 1. The smallest absolute Gasteiger partial charge is 0.237 e. The molecule has 2 heterocycles. The number of aromatic amines is 1. The number of hydrogen-bond acceptors (Lipinski definition) is 6. The summed E-state index contributed by atoms with van der Waals surface area (Å²) >= 11 is 0. The lowest BCUT2D eigenvalue weighted by Crippen LogP contribution is -2.42. The Labute approximate surface area is 193 Å². The van der Waals surface area contributed by atoms with Crippen molar-refractivity contribution in [1.82, 2.24) is 30.8 Å². The van der Waals surface area contributed by atoms with Gasteiger partial charge in [0.1, 0.15) is 6.04 Å². The van der Waals surface area contributed by atoms with E-state index >= 15 is 0 Å². The highest BCUT2D eigenvalue weighted by atomic mass is 16.2. The molecule has 3 aromatic rings. The number of aryl methyl sites for hydroxylation is 2. The van der Waals surface area contributed by atoms with Gasteiger partial charge in [0, 0.05) is 6.54 Å². The topological polar surface area (TPSA) is 111 Å². The van der Waals surface area contributed by atoms with Crippen molar-refractivity contribution in [3.8, 4) is 6.07 Å². The third kappa shape index (κ3) is 3.79. The Kier molecular flexibility index (Phi) is 5.88. The standard InChI is InChI=1S/C25H27N7O/c26-16-20-8-5-15-32(20)23(33)17-27-14-13-25(24-28-30-31-29-24)21-9-3-1-6-18(21)11-12-19-7-2-4-10-22(19)25/h1-4,6-7,9-10,20,27H,5,8,11-15,17H2,(H,28,29,30,31)/t20-/m0/s1. The lowest BCUT2D eigenvalue weighted by molar-refractivity contribution is -0.130. The summed E-state index contributed by atoms with van der Waals surface area (Å²) in [5, 5.41) is 28.1. The number of benzene rings is 2. The summed E-state index contributed by atoms with van der Waals surface area (Å²) in [6.45, 7) is 1.46. The van der Waals surface area contributed by atoms with Crippen molar-refractivity contribution >= 4 is 5.91 Å². The molecule has 2 aromatic carbocycles. The molecule has 33 heavy (non-hydrogen) atoms. The van der Waals surface area contributed by atoms with Gasteiger partial charge in [-0.15, -0.1) is 10.2 Å². The molecular formula is C25H27N7O. The van der Waals surface area contributed by atoms with Crippen LogP contribution in [0.25, 0.3) is 0 Å². The van der Waals surface area contributed by atoms with E-state index in [1.165, 1.54) is 22.3 Å². The largest absolute Gasteiger partial charge is 0.326 e. The van der Waals surface area contributed by atoms with Gasteiger partial charge in [-0.1, -0.05) is 53.7 Å². The number of amides is 1. The van der Waals surface area contributed by atoms with E-state index < -0.39 is 5.41 Å². The number of nitriles is 1. The fourth-order valence-corrected chi connectivity index (χ4v) is 5.46. The minimum absolute atomic E-state index is 0.0191. The van der Waals surface area contributed by atoms with Gasteiger partial charge in [0.2, 0.25) is 5.91 Å². The number of fused-ring (bicyclic) bond motifs is 2. The van der Waals surface area contributed by atoms with E-state index in [9.17, 15) is 10.1 Å². The number of carbonyl (C=O) groups is 1. The maximum Gasteiger partial charge on any atom is 0.237 e. The molecule has 1 atom stereocenters. The predicted octanol–water partition coefficient (Wildman–Crippen LogP) is 2.13. The molecule has 0 saturated carbocycles. The number of tetrazole rings is 1. The Bertz CT molecular complexity index is 1120. The summed E-state index contributed by atoms with van der Waals surface area (Å²) in [5.74, 6) is 0.621. The highest BCUT2D eigenvalue weighted by Crippen LogP contribution is 2.45. The quantitative estimate of drug-likeness (QED) is 0.567. The normalized spacial score (nSPS) is 18.8. The van der Waals surface area contributed by atoms with E-state index in [0.29, 0.717) is 25.3 Å². The first kappa shape index (κ1) is 21.3. The number of rotatable bonds is 6. The Morgan fingerprint density at radius 3 is 2.48 bits per heavy atom. The molecule has 0 spiro atoms. The van der Waals surface area contributed by atoms with Gasteiger partial charge in [-0.2, -0.15) is 10.5 Å². The second-order valence-corrected chi connectivity index (χ2v) is 8.76. The number of H-pyrrole nitrogens is 1. The number of hydrogen-bond donors (Lipinski definition) is 2. The van der Waals surface area contributed by atoms with Crippen LogP contribution >= 0.6 is 0 Å². The zero-order valence-electron chi connectivity index (χ0n) is 18.5. The highest BCUT2D eigenvalue weighted by Gasteiger charge is 2.43. The van der Waals surface area contributed by atoms with Crippen LogP contribution in [0.15, 0.2) is 48.5 Å². The van der Waals surface area contributed by atoms with Crippen molar-refractivity contribution in [3.63, 3.8) is 0 Å². The average Bonchev–Trinajstić information content (AvgIpc) is 3.54. The monoisotopic (exact) mass is 441 g/mol. The second-order valence-electron chi connectivity index (χ2n) is 8.76. The maximum atomic E-state index is 12.7. The summed E-state index contributed by atoms with van der Waals surface area (Å²) in [4.78, 5) is 14.4. The van der Waals surface area contributed by atoms with Gasteiger partial charge in [0.25, 0.3) is 0 Å². The molecule has 5 rings (SSSR count). The minimum atomic E-state index is -0.574. The SMILES string of the molecule is N#C[C@@H]1CCCN1C(=O)CNCCC1(c2nn[nH]n2)c2ccccc2CCc2ccccc21. The van der Waals surface area contributed by atoms with Gasteiger partial charge < -0.3 is 10.2 Å². The van der Waals surface area contributed by atoms with Crippen LogP contribution in [0.3, 0.4) is 0 Å². The first-order chi connectivity index (χ1) is 16.2. The molecule has 0 unspecified atom stereocenters. The molecule has 1 aliphatic carbocycles. The van der Waals surface area contributed by atoms with Crippen molar-refractivity contribution in [1.29, 1.82) is 5.26 Å². The molecule has 1 saturated heterocycles. The molecule has 2 aliphatic rings. The van der Waals surface area contributed by atoms with E-state index in [-0.39, 0.29) is 18.5 Å². The molecule has 8 nitrogen and oxygen atoms in total. The van der Waals surface area contributed by atoms with Crippen molar-refractivity contribution in [2.45, 2.75) is 43.6 Å². The summed E-state index contributed by atoms with van der Waals surface area (Å²) in [6.07, 6.45) is 4.22. The second kappa shape index (κ2) is 9.12. The third-order valence-corrected chi connectivity index (χ3v) is 7.02. The third-order valence-electron chi connectivity index (χ3n) is 7.02. The maximum absolute atomic E-state index is 12.7. The zero-order valence-corrected chi connectivity index (χ0v) is 18.5. The Morgan fingerprint density at radius 1 is 1.15 bits per heavy atom. The molecule has 0 radical (unpaired) electrons. The van der Waals surface area contributed by atoms with Gasteiger partial charge in [-0.05, 0) is 60.9 Å². The fourth-order valence-electron chi connectivity index (χ4n) is 5.46. The molecule has 168 valence electrons. The van der Waals surface area contributed by atoms with Gasteiger partial charge in [-0.3, -0.25) is 4.79 Å². The molecule has 8 heteroatoms. The van der Waals surface area contributed by atoms with Crippen LogP contribution in [0.1, 0.15) is 47.3 Å². The summed E-state index contributed by atoms with van der Waals surface area (Å²) in [6, 6.07) is 18.9. The summed E-state index contributed by atoms with van der Waals surface area (Å²) in [7, 11) is 0.